The van der Waals surface area contributed by atoms with Gasteiger partial charge in [-0.1, -0.05) is 0 Å². The molecule has 0 saturated heterocycles. The van der Waals surface area contributed by atoms with Crippen molar-refractivity contribution in [3.8, 4) is 0 Å². The van der Waals surface area contributed by atoms with Crippen LogP contribution in [-0.2, 0) is 20.4 Å². The number of allylic oxidation sites excluding steroid dienone is 4. The third kappa shape index (κ3) is 6.00. The number of halogens is 3. The smallest absolute Gasteiger partial charge is 1.00 e. The van der Waals surface area contributed by atoms with E-state index in [0.717, 1.165) is 5.54 Å². The minimum Gasteiger partial charge on any atom is -1.00 e. The van der Waals surface area contributed by atoms with E-state index in [4.69, 9.17) is 0 Å². The Bertz CT molecular complexity index is 624. The van der Waals surface area contributed by atoms with Crippen molar-refractivity contribution in [2.45, 2.75) is 76.8 Å². The molecule has 2 aliphatic carbocycles. The number of unbranched alkanes of at least 4 members (excludes halogenated alkanes) is 1. The van der Waals surface area contributed by atoms with Crippen molar-refractivity contribution in [3.05, 3.63) is 51.1 Å². The summed E-state index contributed by atoms with van der Waals surface area (Å²) in [4.78, 5) is 0. The van der Waals surface area contributed by atoms with Crippen molar-refractivity contribution in [2.24, 2.45) is 0 Å². The van der Waals surface area contributed by atoms with Crippen LogP contribution in [0.4, 0.5) is 0 Å². The third-order valence-electron chi connectivity index (χ3n) is 6.29. The van der Waals surface area contributed by atoms with Crippen molar-refractivity contribution in [3.63, 3.8) is 0 Å². The van der Waals surface area contributed by atoms with Crippen LogP contribution < -0.4 is 42.4 Å². The molecule has 1 saturated carbocycles. The van der Waals surface area contributed by atoms with Crippen LogP contribution >= 0.6 is 0 Å². The van der Waals surface area contributed by atoms with Crippen LogP contribution in [0, 0.1) is 0 Å². The fourth-order valence-electron chi connectivity index (χ4n) is 4.91. The SMILES string of the molecule is CCCCC1=CC[C]([Ti+3])=C1[Si](C)(c1ccccc1)C1CCCCC1.[Cl-].[Cl-].[Cl-]. The molecule has 0 heterocycles. The van der Waals surface area contributed by atoms with Crippen LogP contribution in [0.3, 0.4) is 0 Å². The topological polar surface area (TPSA) is 0 Å². The first kappa shape index (κ1) is 27.5. The van der Waals surface area contributed by atoms with Gasteiger partial charge in [0.1, 0.15) is 0 Å². The van der Waals surface area contributed by atoms with E-state index in [1.165, 1.54) is 57.8 Å². The Morgan fingerprint density at radius 3 is 2.22 bits per heavy atom. The van der Waals surface area contributed by atoms with Crippen molar-refractivity contribution in [1.29, 1.82) is 0 Å². The average Bonchev–Trinajstić information content (AvgIpc) is 3.02. The van der Waals surface area contributed by atoms with Crippen LogP contribution in [0.15, 0.2) is 51.1 Å². The summed E-state index contributed by atoms with van der Waals surface area (Å²) in [5.74, 6) is 0. The predicted molar refractivity (Wildman–Crippen MR) is 104 cm³/mol. The van der Waals surface area contributed by atoms with Gasteiger partial charge in [-0.25, -0.2) is 0 Å². The summed E-state index contributed by atoms with van der Waals surface area (Å²) >= 11 is 2.42. The third-order valence-corrected chi connectivity index (χ3v) is 12.8. The molecule has 0 N–H and O–H groups in total. The standard InChI is InChI=1S/C22H31Si.3ClH.Ti/c1-3-4-12-19-13-11-18-22(19)23(2,20-14-7-5-8-15-20)21-16-9-6-10-17-21;;;;/h5,7-8,13-15,21H,3-4,6,9-12,16-17H2,1-2H3;3*1H;/q;;;;+3/p-3. The molecule has 0 spiro atoms. The Labute approximate surface area is 197 Å². The zero-order valence-electron chi connectivity index (χ0n) is 16.5. The second kappa shape index (κ2) is 12.9. The number of benzene rings is 1. The second-order valence-corrected chi connectivity index (χ2v) is 13.0. The molecule has 1 aromatic carbocycles. The Kier molecular flexibility index (Phi) is 13.2. The van der Waals surface area contributed by atoms with Crippen LogP contribution in [-0.4, -0.2) is 8.07 Å². The van der Waals surface area contributed by atoms with Gasteiger partial charge in [0, 0.05) is 0 Å². The van der Waals surface area contributed by atoms with Crippen molar-refractivity contribution in [2.75, 3.05) is 0 Å². The van der Waals surface area contributed by atoms with E-state index in [1.807, 2.05) is 5.20 Å². The maximum absolute atomic E-state index is 2.70. The molecule has 5 heteroatoms. The van der Waals surface area contributed by atoms with Gasteiger partial charge in [0.2, 0.25) is 0 Å². The molecule has 3 rings (SSSR count). The largest absolute Gasteiger partial charge is 1.00 e. The molecule has 148 valence electrons. The predicted octanol–water partition coefficient (Wildman–Crippen LogP) is -2.82. The van der Waals surface area contributed by atoms with Gasteiger partial charge in [-0.2, -0.15) is 0 Å². The fraction of sp³-hybridized carbons (Fsp3) is 0.545. The quantitative estimate of drug-likeness (QED) is 0.388. The second-order valence-electron chi connectivity index (χ2n) is 7.79. The molecule has 0 amide bonds. The van der Waals surface area contributed by atoms with Gasteiger partial charge >= 0.3 is 162 Å². The van der Waals surface area contributed by atoms with E-state index in [2.05, 4.69) is 70.3 Å². The number of rotatable bonds is 6. The van der Waals surface area contributed by atoms with Crippen molar-refractivity contribution in [1.82, 2.24) is 0 Å². The fourth-order valence-corrected chi connectivity index (χ4v) is 11.8. The van der Waals surface area contributed by atoms with Gasteiger partial charge in [0.05, 0.1) is 0 Å². The van der Waals surface area contributed by atoms with Gasteiger partial charge < -0.3 is 37.2 Å². The molecule has 27 heavy (non-hydrogen) atoms. The minimum absolute atomic E-state index is 0. The summed E-state index contributed by atoms with van der Waals surface area (Å²) in [7, 11) is -1.66. The first-order valence-corrected chi connectivity index (χ1v) is 13.2. The maximum atomic E-state index is 2.70. The molecule has 0 nitrogen and oxygen atoms in total. The van der Waals surface area contributed by atoms with Crippen molar-refractivity contribution < 1.29 is 57.7 Å². The van der Waals surface area contributed by atoms with E-state index in [0.29, 0.717) is 0 Å². The zero-order valence-corrected chi connectivity index (χ0v) is 21.4. The van der Waals surface area contributed by atoms with Gasteiger partial charge in [-0.3, -0.25) is 0 Å². The molecular weight excluding hydrogens is 447 g/mol. The van der Waals surface area contributed by atoms with E-state index >= 15 is 0 Å². The summed E-state index contributed by atoms with van der Waals surface area (Å²) < 4.78 is 1.68. The van der Waals surface area contributed by atoms with Crippen LogP contribution in [0.5, 0.6) is 0 Å². The molecule has 1 aromatic rings. The molecule has 1 atom stereocenters. The normalized spacial score (nSPS) is 19.3. The van der Waals surface area contributed by atoms with Gasteiger partial charge in [0.15, 0.2) is 0 Å². The molecule has 0 bridgehead atoms. The molecule has 2 aliphatic rings. The Morgan fingerprint density at radius 1 is 1.00 bits per heavy atom. The molecule has 0 aliphatic heterocycles. The molecular formula is C22H31Cl3SiTi. The first-order chi connectivity index (χ1) is 11.7. The van der Waals surface area contributed by atoms with Crippen LogP contribution in [0.1, 0.15) is 64.7 Å². The van der Waals surface area contributed by atoms with Gasteiger partial charge in [0.25, 0.3) is 0 Å². The van der Waals surface area contributed by atoms with Crippen LogP contribution in [0.25, 0.3) is 0 Å². The molecule has 0 radical (unpaired) electrons. The molecule has 1 fully saturated rings. The zero-order chi connectivity index (χ0) is 17.0. The van der Waals surface area contributed by atoms with Gasteiger partial charge in [-0.15, -0.1) is 0 Å². The Morgan fingerprint density at radius 2 is 1.63 bits per heavy atom. The Balaban J connectivity index is 0.00000225. The summed E-state index contributed by atoms with van der Waals surface area (Å²) in [5.41, 5.74) is 2.65. The monoisotopic (exact) mass is 476 g/mol. The molecule has 0 aromatic heterocycles. The van der Waals surface area contributed by atoms with Crippen molar-refractivity contribution >= 4 is 13.3 Å². The number of hydrogen-bond donors (Lipinski definition) is 0. The Hall–Kier alpha value is 0.501. The summed E-state index contributed by atoms with van der Waals surface area (Å²) in [5, 5.41) is 3.52. The van der Waals surface area contributed by atoms with Gasteiger partial charge in [-0.05, 0) is 0 Å². The van der Waals surface area contributed by atoms with E-state index in [9.17, 15) is 0 Å². The minimum atomic E-state index is -1.66. The summed E-state index contributed by atoms with van der Waals surface area (Å²) in [6.07, 6.45) is 15.0. The van der Waals surface area contributed by atoms with E-state index < -0.39 is 8.07 Å². The van der Waals surface area contributed by atoms with Crippen LogP contribution in [0.2, 0.25) is 12.1 Å². The van der Waals surface area contributed by atoms with E-state index in [1.54, 1.807) is 14.6 Å². The molecule has 1 unspecified atom stereocenters. The average molecular weight is 478 g/mol. The maximum Gasteiger partial charge on any atom is -1.00 e. The first-order valence-electron chi connectivity index (χ1n) is 9.88. The van der Waals surface area contributed by atoms with E-state index in [-0.39, 0.29) is 37.2 Å². The summed E-state index contributed by atoms with van der Waals surface area (Å²) in [6, 6.07) is 11.6. The summed E-state index contributed by atoms with van der Waals surface area (Å²) in [6.45, 7) is 5.02. The number of hydrogen-bond acceptors (Lipinski definition) is 0.